The van der Waals surface area contributed by atoms with Crippen molar-refractivity contribution in [2.75, 3.05) is 13.2 Å². The van der Waals surface area contributed by atoms with Gasteiger partial charge in [0.1, 0.15) is 73.5 Å². The lowest BCUT2D eigenvalue weighted by Gasteiger charge is -2.47. The molecule has 0 aromatic rings. The molecule has 3 aliphatic rings. The van der Waals surface area contributed by atoms with Crippen molar-refractivity contribution in [2.45, 2.75) is 92.1 Å². The molecule has 3 aliphatic heterocycles. The Bertz CT molecular complexity index is 585. The Hall–Kier alpha value is -0.640. The minimum Gasteiger partial charge on any atom is -0.394 e. The van der Waals surface area contributed by atoms with Gasteiger partial charge >= 0.3 is 0 Å². The molecule has 3 fully saturated rings. The van der Waals surface area contributed by atoms with Gasteiger partial charge in [0.15, 0.2) is 12.6 Å². The molecular weight excluding hydrogens is 452 g/mol. The third-order valence-electron chi connectivity index (χ3n) is 6.06. The number of ether oxygens (including phenoxy) is 5. The smallest absolute Gasteiger partial charge is 0.187 e. The first-order valence-electron chi connectivity index (χ1n) is 10.4. The van der Waals surface area contributed by atoms with E-state index in [0.717, 1.165) is 0 Å². The fourth-order valence-corrected chi connectivity index (χ4v) is 3.99. The van der Waals surface area contributed by atoms with E-state index in [1.165, 1.54) is 0 Å². The van der Waals surface area contributed by atoms with Crippen molar-refractivity contribution in [2.24, 2.45) is 22.9 Å². The summed E-state index contributed by atoms with van der Waals surface area (Å²) in [4.78, 5) is 0. The van der Waals surface area contributed by atoms with Crippen LogP contribution in [0, 0.1) is 0 Å². The van der Waals surface area contributed by atoms with Gasteiger partial charge in [0, 0.05) is 6.54 Å². The summed E-state index contributed by atoms with van der Waals surface area (Å²) in [6, 6.07) is -1.24. The van der Waals surface area contributed by atoms with Crippen molar-refractivity contribution in [1.82, 2.24) is 0 Å². The van der Waals surface area contributed by atoms with Crippen molar-refractivity contribution in [3.63, 3.8) is 0 Å². The van der Waals surface area contributed by atoms with Crippen molar-refractivity contribution >= 4 is 0 Å². The molecule has 16 heteroatoms. The lowest BCUT2D eigenvalue weighted by atomic mass is 9.96. The SMILES string of the molecule is NCC1O[C@@H](O[C@H]2C(N)O[C@@H](N)[C@H](O[C@H]3OC(CO)[C@@H](O)[C@H](N)C3O)C2O)[C@H](O)C(O)[C@H]1O. The maximum absolute atomic E-state index is 10.9. The van der Waals surface area contributed by atoms with Gasteiger partial charge in [0.05, 0.1) is 12.6 Å². The average molecular weight is 486 g/mol. The highest BCUT2D eigenvalue weighted by molar-refractivity contribution is 4.96. The fourth-order valence-electron chi connectivity index (χ4n) is 3.99. The minimum absolute atomic E-state index is 0.202. The van der Waals surface area contributed by atoms with Crippen LogP contribution in [-0.4, -0.2) is 141 Å². The predicted molar refractivity (Wildman–Crippen MR) is 104 cm³/mol. The molecule has 15 N–H and O–H groups in total. The van der Waals surface area contributed by atoms with Gasteiger partial charge in [-0.1, -0.05) is 0 Å². The topological polar surface area (TPSA) is 292 Å². The van der Waals surface area contributed by atoms with Gasteiger partial charge in [-0.25, -0.2) is 0 Å². The quantitative estimate of drug-likeness (QED) is 0.166. The van der Waals surface area contributed by atoms with Gasteiger partial charge in [0.2, 0.25) is 0 Å². The van der Waals surface area contributed by atoms with E-state index >= 15 is 0 Å². The molecule has 0 saturated carbocycles. The van der Waals surface area contributed by atoms with E-state index in [-0.39, 0.29) is 6.54 Å². The van der Waals surface area contributed by atoms with Gasteiger partial charge in [-0.05, 0) is 0 Å². The highest BCUT2D eigenvalue weighted by atomic mass is 16.7. The summed E-state index contributed by atoms with van der Waals surface area (Å²) in [6.45, 7) is -0.826. The highest BCUT2D eigenvalue weighted by Gasteiger charge is 2.52. The molecule has 33 heavy (non-hydrogen) atoms. The standard InChI is InChI=1S/C17H34N4O12/c18-1-3-7(24)9(26)10(27)17(29-3)32-13-11(28)12(14(20)33-15(13)21)31-16-8(25)5(19)6(23)4(2-22)30-16/h3-17,22-28H,1-2,18-21H2/t3?,4?,5-,6+,7-,8?,9?,10+,11?,12+,13+,14+,15?,16+,17-/m0/s1. The maximum Gasteiger partial charge on any atom is 0.187 e. The first-order valence-corrected chi connectivity index (χ1v) is 10.4. The van der Waals surface area contributed by atoms with Crippen molar-refractivity contribution in [3.8, 4) is 0 Å². The van der Waals surface area contributed by atoms with Crippen LogP contribution in [-0.2, 0) is 23.7 Å². The van der Waals surface area contributed by atoms with E-state index in [4.69, 9.17) is 46.6 Å². The van der Waals surface area contributed by atoms with Crippen LogP contribution < -0.4 is 22.9 Å². The van der Waals surface area contributed by atoms with E-state index < -0.39 is 98.7 Å². The summed E-state index contributed by atoms with van der Waals surface area (Å²) in [5.41, 5.74) is 23.0. The molecule has 16 nitrogen and oxygen atoms in total. The summed E-state index contributed by atoms with van der Waals surface area (Å²) < 4.78 is 27.2. The Morgan fingerprint density at radius 2 is 1.12 bits per heavy atom. The molecule has 3 rings (SSSR count). The second-order valence-corrected chi connectivity index (χ2v) is 8.29. The van der Waals surface area contributed by atoms with Crippen molar-refractivity contribution in [3.05, 3.63) is 0 Å². The number of nitrogens with two attached hydrogens (primary N) is 4. The zero-order valence-electron chi connectivity index (χ0n) is 17.6. The van der Waals surface area contributed by atoms with E-state index in [1.54, 1.807) is 0 Å². The third-order valence-corrected chi connectivity index (χ3v) is 6.06. The van der Waals surface area contributed by atoms with Crippen molar-refractivity contribution < 1.29 is 59.4 Å². The van der Waals surface area contributed by atoms with Crippen LogP contribution in [0.4, 0.5) is 0 Å². The molecule has 3 saturated heterocycles. The average Bonchev–Trinajstić information content (AvgIpc) is 2.79. The molecule has 0 radical (unpaired) electrons. The summed E-state index contributed by atoms with van der Waals surface area (Å²) in [6.07, 6.45) is -20.2. The number of aliphatic hydroxyl groups is 7. The second-order valence-electron chi connectivity index (χ2n) is 8.29. The summed E-state index contributed by atoms with van der Waals surface area (Å²) in [5, 5.41) is 70.6. The monoisotopic (exact) mass is 486 g/mol. The predicted octanol–water partition coefficient (Wildman–Crippen LogP) is -7.75. The molecular formula is C17H34N4O12. The van der Waals surface area contributed by atoms with Crippen LogP contribution in [0.5, 0.6) is 0 Å². The number of rotatable bonds is 6. The Morgan fingerprint density at radius 1 is 0.606 bits per heavy atom. The number of hydrogen-bond donors (Lipinski definition) is 11. The molecule has 194 valence electrons. The lowest BCUT2D eigenvalue weighted by molar-refractivity contribution is -0.356. The summed E-state index contributed by atoms with van der Waals surface area (Å²) in [5.74, 6) is 0. The van der Waals surface area contributed by atoms with Gasteiger partial charge in [-0.2, -0.15) is 0 Å². The van der Waals surface area contributed by atoms with E-state index in [1.807, 2.05) is 0 Å². The first kappa shape index (κ1) is 27.0. The maximum atomic E-state index is 10.9. The van der Waals surface area contributed by atoms with Crippen LogP contribution >= 0.6 is 0 Å². The molecule has 0 aromatic carbocycles. The second kappa shape index (κ2) is 11.0. The molecule has 0 amide bonds. The number of hydrogen-bond acceptors (Lipinski definition) is 16. The highest BCUT2D eigenvalue weighted by Crippen LogP contribution is 2.30. The Kier molecular flexibility index (Phi) is 8.95. The molecule has 0 aliphatic carbocycles. The Labute approximate surface area is 188 Å². The van der Waals surface area contributed by atoms with Crippen LogP contribution in [0.1, 0.15) is 0 Å². The van der Waals surface area contributed by atoms with Crippen LogP contribution in [0.3, 0.4) is 0 Å². The van der Waals surface area contributed by atoms with Crippen LogP contribution in [0.15, 0.2) is 0 Å². The van der Waals surface area contributed by atoms with Crippen LogP contribution in [0.25, 0.3) is 0 Å². The van der Waals surface area contributed by atoms with E-state index in [9.17, 15) is 35.7 Å². The van der Waals surface area contributed by atoms with Gasteiger partial charge in [-0.15, -0.1) is 0 Å². The first-order chi connectivity index (χ1) is 15.5. The Morgan fingerprint density at radius 3 is 1.64 bits per heavy atom. The van der Waals surface area contributed by atoms with Gasteiger partial charge in [0.25, 0.3) is 0 Å². The molecule has 0 spiro atoms. The molecule has 3 heterocycles. The summed E-state index contributed by atoms with van der Waals surface area (Å²) in [7, 11) is 0. The normalized spacial score (nSPS) is 53.7. The summed E-state index contributed by atoms with van der Waals surface area (Å²) >= 11 is 0. The Balaban J connectivity index is 1.72. The van der Waals surface area contributed by atoms with E-state index in [2.05, 4.69) is 0 Å². The molecule has 6 unspecified atom stereocenters. The van der Waals surface area contributed by atoms with Gasteiger partial charge < -0.3 is 82.4 Å². The van der Waals surface area contributed by atoms with Crippen LogP contribution in [0.2, 0.25) is 0 Å². The minimum atomic E-state index is -1.72. The van der Waals surface area contributed by atoms with Crippen molar-refractivity contribution in [1.29, 1.82) is 0 Å². The lowest BCUT2D eigenvalue weighted by Crippen LogP contribution is -2.69. The molecule has 15 atom stereocenters. The molecule has 0 bridgehead atoms. The third kappa shape index (κ3) is 5.31. The number of aliphatic hydroxyl groups excluding tert-OH is 7. The zero-order chi connectivity index (χ0) is 24.6. The largest absolute Gasteiger partial charge is 0.394 e. The van der Waals surface area contributed by atoms with Gasteiger partial charge in [-0.3, -0.25) is 0 Å². The molecule has 0 aromatic heterocycles. The zero-order valence-corrected chi connectivity index (χ0v) is 17.6. The van der Waals surface area contributed by atoms with E-state index in [0.29, 0.717) is 0 Å². The fraction of sp³-hybridized carbons (Fsp3) is 1.00.